The maximum absolute atomic E-state index is 11.8. The maximum atomic E-state index is 11.8. The molecule has 112 valence electrons. The highest BCUT2D eigenvalue weighted by Crippen LogP contribution is 2.14. The molecule has 0 bridgehead atoms. The molecule has 1 N–H and O–H groups in total. The van der Waals surface area contributed by atoms with Gasteiger partial charge in [-0.15, -0.1) is 5.10 Å². The molecule has 2 rings (SSSR count). The van der Waals surface area contributed by atoms with Crippen molar-refractivity contribution >= 4 is 6.09 Å². The van der Waals surface area contributed by atoms with Crippen molar-refractivity contribution in [2.24, 2.45) is 0 Å². The van der Waals surface area contributed by atoms with Gasteiger partial charge in [-0.05, 0) is 50.3 Å². The first kappa shape index (κ1) is 15.0. The van der Waals surface area contributed by atoms with Crippen molar-refractivity contribution in [1.29, 1.82) is 0 Å². The molecule has 0 radical (unpaired) electrons. The molecule has 2 aromatic rings. The molecule has 0 aliphatic rings. The summed E-state index contributed by atoms with van der Waals surface area (Å²) in [4.78, 5) is 11.8. The van der Waals surface area contributed by atoms with E-state index in [2.05, 4.69) is 20.8 Å². The van der Waals surface area contributed by atoms with E-state index < -0.39 is 11.7 Å². The lowest BCUT2D eigenvalue weighted by Crippen LogP contribution is -2.34. The zero-order valence-corrected chi connectivity index (χ0v) is 12.6. The zero-order valence-electron chi connectivity index (χ0n) is 12.6. The van der Waals surface area contributed by atoms with E-state index in [0.29, 0.717) is 5.82 Å². The number of nitrogens with zero attached hydrogens (tertiary/aromatic N) is 4. The Kier molecular flexibility index (Phi) is 4.21. The summed E-state index contributed by atoms with van der Waals surface area (Å²) in [6.07, 6.45) is -0.502. The zero-order chi connectivity index (χ0) is 15.5. The Balaban J connectivity index is 2.13. The number of benzene rings is 1. The summed E-state index contributed by atoms with van der Waals surface area (Å²) < 4.78 is 6.81. The molecule has 1 aromatic heterocycles. The molecule has 1 aromatic carbocycles. The molecule has 0 spiro atoms. The fraction of sp³-hybridized carbons (Fsp3) is 0.429. The Morgan fingerprint density at radius 3 is 2.57 bits per heavy atom. The van der Waals surface area contributed by atoms with Crippen LogP contribution in [-0.4, -0.2) is 31.9 Å². The minimum Gasteiger partial charge on any atom is -0.444 e. The first-order valence-electron chi connectivity index (χ1n) is 6.70. The summed E-state index contributed by atoms with van der Waals surface area (Å²) in [7, 11) is 0. The van der Waals surface area contributed by atoms with Crippen LogP contribution >= 0.6 is 0 Å². The number of hydrogen-bond acceptors (Lipinski definition) is 5. The third-order valence-electron chi connectivity index (χ3n) is 2.61. The lowest BCUT2D eigenvalue weighted by molar-refractivity contribution is 0.0505. The molecule has 0 aliphatic heterocycles. The number of tetrazole rings is 1. The molecule has 7 nitrogen and oxygen atoms in total. The lowest BCUT2D eigenvalue weighted by atomic mass is 10.2. The Hall–Kier alpha value is -2.44. The summed E-state index contributed by atoms with van der Waals surface area (Å²) >= 11 is 0. The van der Waals surface area contributed by atoms with Gasteiger partial charge in [0.15, 0.2) is 5.82 Å². The highest BCUT2D eigenvalue weighted by molar-refractivity contribution is 5.68. The van der Waals surface area contributed by atoms with Gasteiger partial charge in [-0.1, -0.05) is 18.2 Å². The van der Waals surface area contributed by atoms with Crippen molar-refractivity contribution in [2.45, 2.75) is 39.3 Å². The van der Waals surface area contributed by atoms with Crippen LogP contribution in [0, 0.1) is 0 Å². The van der Waals surface area contributed by atoms with Gasteiger partial charge in [0, 0.05) is 0 Å². The smallest absolute Gasteiger partial charge is 0.408 e. The van der Waals surface area contributed by atoms with Crippen molar-refractivity contribution in [2.75, 3.05) is 0 Å². The fourth-order valence-electron chi connectivity index (χ4n) is 1.77. The van der Waals surface area contributed by atoms with E-state index in [9.17, 15) is 4.79 Å². The van der Waals surface area contributed by atoms with Crippen LogP contribution in [0.2, 0.25) is 0 Å². The van der Waals surface area contributed by atoms with Gasteiger partial charge in [0.25, 0.3) is 0 Å². The van der Waals surface area contributed by atoms with Gasteiger partial charge in [0.05, 0.1) is 11.7 Å². The monoisotopic (exact) mass is 289 g/mol. The van der Waals surface area contributed by atoms with Gasteiger partial charge in [0.1, 0.15) is 5.60 Å². The minimum absolute atomic E-state index is 0.380. The van der Waals surface area contributed by atoms with Gasteiger partial charge in [-0.2, -0.15) is 4.68 Å². The number of rotatable bonds is 3. The number of ether oxygens (including phenoxy) is 1. The van der Waals surface area contributed by atoms with E-state index in [0.717, 1.165) is 5.69 Å². The normalized spacial score (nSPS) is 12.8. The van der Waals surface area contributed by atoms with Crippen molar-refractivity contribution in [3.8, 4) is 5.69 Å². The number of hydrogen-bond donors (Lipinski definition) is 1. The molecular formula is C14H19N5O2. The van der Waals surface area contributed by atoms with Crippen LogP contribution in [0.25, 0.3) is 5.69 Å². The van der Waals surface area contributed by atoms with Gasteiger partial charge < -0.3 is 10.1 Å². The van der Waals surface area contributed by atoms with Crippen molar-refractivity contribution < 1.29 is 9.53 Å². The van der Waals surface area contributed by atoms with E-state index in [1.54, 1.807) is 11.6 Å². The number of nitrogens with one attached hydrogen (secondary N) is 1. The van der Waals surface area contributed by atoms with Crippen LogP contribution in [0.1, 0.15) is 39.6 Å². The quantitative estimate of drug-likeness (QED) is 0.937. The third-order valence-corrected chi connectivity index (χ3v) is 2.61. The second-order valence-corrected chi connectivity index (χ2v) is 5.65. The number of carbonyl (C=O) groups is 1. The molecule has 1 unspecified atom stereocenters. The first-order chi connectivity index (χ1) is 9.87. The topological polar surface area (TPSA) is 81.9 Å². The number of para-hydroxylation sites is 1. The number of amides is 1. The van der Waals surface area contributed by atoms with E-state index in [1.165, 1.54) is 0 Å². The third kappa shape index (κ3) is 4.01. The lowest BCUT2D eigenvalue weighted by Gasteiger charge is -2.21. The number of alkyl carbamates (subject to hydrolysis) is 1. The van der Waals surface area contributed by atoms with E-state index in [1.807, 2.05) is 51.1 Å². The first-order valence-corrected chi connectivity index (χ1v) is 6.70. The average molecular weight is 289 g/mol. The predicted molar refractivity (Wildman–Crippen MR) is 76.9 cm³/mol. The molecular weight excluding hydrogens is 270 g/mol. The largest absolute Gasteiger partial charge is 0.444 e. The van der Waals surface area contributed by atoms with Crippen LogP contribution in [0.5, 0.6) is 0 Å². The van der Waals surface area contributed by atoms with Gasteiger partial charge in [-0.25, -0.2) is 4.79 Å². The molecule has 0 aliphatic carbocycles. The second kappa shape index (κ2) is 5.90. The molecule has 21 heavy (non-hydrogen) atoms. The number of carbonyl (C=O) groups excluding carboxylic acids is 1. The molecule has 0 saturated heterocycles. The van der Waals surface area contributed by atoms with Gasteiger partial charge in [-0.3, -0.25) is 0 Å². The standard InChI is InChI=1S/C14H19N5O2/c1-10(15-13(20)21-14(2,3)4)12-16-17-18-19(12)11-8-6-5-7-9-11/h5-10H,1-4H3,(H,15,20). The Morgan fingerprint density at radius 1 is 1.29 bits per heavy atom. The minimum atomic E-state index is -0.546. The van der Waals surface area contributed by atoms with E-state index >= 15 is 0 Å². The number of aromatic nitrogens is 4. The van der Waals surface area contributed by atoms with Crippen molar-refractivity contribution in [3.63, 3.8) is 0 Å². The Bertz CT molecular complexity index is 603. The molecule has 0 fully saturated rings. The molecule has 1 atom stereocenters. The van der Waals surface area contributed by atoms with E-state index in [-0.39, 0.29) is 6.04 Å². The highest BCUT2D eigenvalue weighted by atomic mass is 16.6. The van der Waals surface area contributed by atoms with Crippen LogP contribution in [0.15, 0.2) is 30.3 Å². The Morgan fingerprint density at radius 2 is 1.95 bits per heavy atom. The molecule has 7 heteroatoms. The SMILES string of the molecule is CC(NC(=O)OC(C)(C)C)c1nnnn1-c1ccccc1. The summed E-state index contributed by atoms with van der Waals surface area (Å²) in [6.45, 7) is 7.23. The predicted octanol–water partition coefficient (Wildman–Crippen LogP) is 2.25. The summed E-state index contributed by atoms with van der Waals surface area (Å²) in [5, 5.41) is 14.3. The van der Waals surface area contributed by atoms with Crippen LogP contribution in [0.3, 0.4) is 0 Å². The van der Waals surface area contributed by atoms with Crippen molar-refractivity contribution in [1.82, 2.24) is 25.5 Å². The summed E-state index contributed by atoms with van der Waals surface area (Å²) in [6, 6.07) is 9.10. The van der Waals surface area contributed by atoms with Crippen LogP contribution in [0.4, 0.5) is 4.79 Å². The van der Waals surface area contributed by atoms with Crippen LogP contribution in [-0.2, 0) is 4.74 Å². The molecule has 1 heterocycles. The van der Waals surface area contributed by atoms with E-state index in [4.69, 9.17) is 4.74 Å². The fourth-order valence-corrected chi connectivity index (χ4v) is 1.77. The van der Waals surface area contributed by atoms with Crippen molar-refractivity contribution in [3.05, 3.63) is 36.2 Å². The Labute approximate surface area is 123 Å². The van der Waals surface area contributed by atoms with Gasteiger partial charge >= 0.3 is 6.09 Å². The van der Waals surface area contributed by atoms with Gasteiger partial charge in [0.2, 0.25) is 0 Å². The molecule has 1 amide bonds. The second-order valence-electron chi connectivity index (χ2n) is 5.65. The summed E-state index contributed by atoms with van der Waals surface area (Å²) in [5.74, 6) is 0.534. The maximum Gasteiger partial charge on any atom is 0.408 e. The molecule has 0 saturated carbocycles. The summed E-state index contributed by atoms with van der Waals surface area (Å²) in [5.41, 5.74) is 0.283. The van der Waals surface area contributed by atoms with Crippen LogP contribution < -0.4 is 5.32 Å². The average Bonchev–Trinajstić information content (AvgIpc) is 2.86. The highest BCUT2D eigenvalue weighted by Gasteiger charge is 2.21.